The van der Waals surface area contributed by atoms with Crippen LogP contribution in [-0.2, 0) is 13.6 Å². The maximum absolute atomic E-state index is 13.4. The van der Waals surface area contributed by atoms with E-state index < -0.39 is 0 Å². The third kappa shape index (κ3) is 3.33. The van der Waals surface area contributed by atoms with Crippen LogP contribution >= 0.6 is 0 Å². The molecular formula is C26H25N5O2. The number of nitrogens with zero attached hydrogens (tertiary/aromatic N) is 5. The molecular weight excluding hydrogens is 414 g/mol. The molecule has 0 spiro atoms. The average Bonchev–Trinajstić information content (AvgIpc) is 3.31. The molecule has 5 rings (SSSR count). The van der Waals surface area contributed by atoms with Crippen molar-refractivity contribution < 1.29 is 0 Å². The van der Waals surface area contributed by atoms with Crippen LogP contribution in [0.5, 0.6) is 0 Å². The van der Waals surface area contributed by atoms with E-state index >= 15 is 0 Å². The third-order valence-electron chi connectivity index (χ3n) is 6.03. The molecule has 166 valence electrons. The summed E-state index contributed by atoms with van der Waals surface area (Å²) in [5.74, 6) is 0.612. The van der Waals surface area contributed by atoms with E-state index in [0.717, 1.165) is 28.1 Å². The molecule has 0 amide bonds. The molecule has 0 radical (unpaired) electrons. The van der Waals surface area contributed by atoms with E-state index in [1.54, 1.807) is 11.4 Å². The molecule has 0 aliphatic rings. The van der Waals surface area contributed by atoms with Crippen molar-refractivity contribution in [2.75, 3.05) is 0 Å². The first kappa shape index (κ1) is 20.8. The zero-order valence-corrected chi connectivity index (χ0v) is 19.1. The van der Waals surface area contributed by atoms with Crippen LogP contribution in [0.25, 0.3) is 28.7 Å². The van der Waals surface area contributed by atoms with E-state index in [2.05, 4.69) is 25.1 Å². The molecule has 5 aromatic rings. The maximum atomic E-state index is 13.4. The minimum atomic E-state index is -0.388. The van der Waals surface area contributed by atoms with Crippen molar-refractivity contribution >= 4 is 23.0 Å². The van der Waals surface area contributed by atoms with Crippen LogP contribution in [0.2, 0.25) is 0 Å². The lowest BCUT2D eigenvalue weighted by Gasteiger charge is -2.10. The standard InChI is InChI=1S/C26H25N5O2/c1-17-12-13-18(2)21(15-17)31-19(3)16-30-22-23(27-25(30)31)28(4)26(33)29(24(22)32)14-8-11-20-9-6-5-7-10-20/h5-13,15-16H,14H2,1-4H3/b11-8+. The van der Waals surface area contributed by atoms with E-state index in [1.165, 1.54) is 9.13 Å². The molecule has 7 heteroatoms. The summed E-state index contributed by atoms with van der Waals surface area (Å²) in [6.45, 7) is 6.27. The van der Waals surface area contributed by atoms with Crippen molar-refractivity contribution in [2.45, 2.75) is 27.3 Å². The van der Waals surface area contributed by atoms with Gasteiger partial charge in [-0.3, -0.25) is 22.9 Å². The lowest BCUT2D eigenvalue weighted by Crippen LogP contribution is -2.39. The number of hydrogen-bond acceptors (Lipinski definition) is 3. The first-order valence-corrected chi connectivity index (χ1v) is 10.9. The van der Waals surface area contributed by atoms with Gasteiger partial charge in [0.15, 0.2) is 11.2 Å². The second kappa shape index (κ2) is 7.78. The Bertz CT molecular complexity index is 1660. The Kier molecular flexibility index (Phi) is 4.89. The number of benzene rings is 2. The monoisotopic (exact) mass is 439 g/mol. The second-order valence-corrected chi connectivity index (χ2v) is 8.42. The van der Waals surface area contributed by atoms with Crippen LogP contribution in [0.3, 0.4) is 0 Å². The van der Waals surface area contributed by atoms with Crippen molar-refractivity contribution in [1.82, 2.24) is 23.1 Å². The van der Waals surface area contributed by atoms with Crippen molar-refractivity contribution in [3.8, 4) is 5.69 Å². The fraction of sp³-hybridized carbons (Fsp3) is 0.192. The van der Waals surface area contributed by atoms with E-state index in [-0.39, 0.29) is 17.8 Å². The molecule has 3 aromatic heterocycles. The number of aromatic nitrogens is 5. The van der Waals surface area contributed by atoms with Gasteiger partial charge in [0, 0.05) is 25.5 Å². The molecule has 7 nitrogen and oxygen atoms in total. The van der Waals surface area contributed by atoms with E-state index in [1.807, 2.05) is 67.1 Å². The van der Waals surface area contributed by atoms with Crippen LogP contribution in [-0.4, -0.2) is 23.1 Å². The predicted molar refractivity (Wildman–Crippen MR) is 131 cm³/mol. The van der Waals surface area contributed by atoms with E-state index in [4.69, 9.17) is 4.98 Å². The SMILES string of the molecule is Cc1ccc(C)c(-n2c(C)cn3c4c(=O)n(C/C=C/c5ccccc5)c(=O)n(C)c4nc23)c1. The minimum absolute atomic E-state index is 0.181. The molecule has 0 fully saturated rings. The molecule has 33 heavy (non-hydrogen) atoms. The average molecular weight is 440 g/mol. The zero-order chi connectivity index (χ0) is 23.3. The number of aryl methyl sites for hydroxylation is 4. The highest BCUT2D eigenvalue weighted by Gasteiger charge is 2.21. The quantitative estimate of drug-likeness (QED) is 0.428. The number of rotatable bonds is 4. The van der Waals surface area contributed by atoms with Crippen LogP contribution in [0, 0.1) is 20.8 Å². The minimum Gasteiger partial charge on any atom is -0.283 e. The zero-order valence-electron chi connectivity index (χ0n) is 19.1. The Balaban J connectivity index is 1.71. The summed E-state index contributed by atoms with van der Waals surface area (Å²) in [5, 5.41) is 0. The highest BCUT2D eigenvalue weighted by molar-refractivity contribution is 5.76. The van der Waals surface area contributed by atoms with Gasteiger partial charge in [-0.05, 0) is 43.5 Å². The first-order valence-electron chi connectivity index (χ1n) is 10.9. The van der Waals surface area contributed by atoms with Gasteiger partial charge in [0.05, 0.1) is 5.69 Å². The van der Waals surface area contributed by atoms with Crippen LogP contribution < -0.4 is 11.2 Å². The molecule has 3 heterocycles. The molecule has 2 aromatic carbocycles. The highest BCUT2D eigenvalue weighted by atomic mass is 16.2. The van der Waals surface area contributed by atoms with E-state index in [9.17, 15) is 9.59 Å². The predicted octanol–water partition coefficient (Wildman–Crippen LogP) is 3.78. The van der Waals surface area contributed by atoms with Crippen LogP contribution in [0.4, 0.5) is 0 Å². The highest BCUT2D eigenvalue weighted by Crippen LogP contribution is 2.24. The Morgan fingerprint density at radius 1 is 1.00 bits per heavy atom. The summed E-state index contributed by atoms with van der Waals surface area (Å²) in [5.41, 5.74) is 5.25. The Labute approximate surface area is 190 Å². The number of hydrogen-bond donors (Lipinski definition) is 0. The van der Waals surface area contributed by atoms with Crippen LogP contribution in [0.15, 0.2) is 70.4 Å². The Morgan fingerprint density at radius 2 is 1.76 bits per heavy atom. The van der Waals surface area contributed by atoms with Crippen molar-refractivity contribution in [2.24, 2.45) is 7.05 Å². The molecule has 0 saturated carbocycles. The van der Waals surface area contributed by atoms with Gasteiger partial charge in [-0.2, -0.15) is 4.98 Å². The molecule has 0 saturated heterocycles. The summed E-state index contributed by atoms with van der Waals surface area (Å²) in [7, 11) is 1.66. The van der Waals surface area contributed by atoms with Gasteiger partial charge in [0.2, 0.25) is 5.78 Å². The first-order chi connectivity index (χ1) is 15.9. The normalized spacial score (nSPS) is 11.9. The van der Waals surface area contributed by atoms with Crippen LogP contribution in [0.1, 0.15) is 22.4 Å². The Hall–Kier alpha value is -4.13. The molecule has 0 unspecified atom stereocenters. The van der Waals surface area contributed by atoms with Crippen molar-refractivity contribution in [3.05, 3.63) is 104 Å². The van der Waals surface area contributed by atoms with Gasteiger partial charge in [0.25, 0.3) is 5.56 Å². The third-order valence-corrected chi connectivity index (χ3v) is 6.03. The Morgan fingerprint density at radius 3 is 2.52 bits per heavy atom. The lowest BCUT2D eigenvalue weighted by molar-refractivity contribution is 0.667. The van der Waals surface area contributed by atoms with Gasteiger partial charge in [-0.1, -0.05) is 54.6 Å². The van der Waals surface area contributed by atoms with Crippen molar-refractivity contribution in [1.29, 1.82) is 0 Å². The van der Waals surface area contributed by atoms with E-state index in [0.29, 0.717) is 16.9 Å². The number of fused-ring (bicyclic) bond motifs is 3. The summed E-state index contributed by atoms with van der Waals surface area (Å²) >= 11 is 0. The summed E-state index contributed by atoms with van der Waals surface area (Å²) in [4.78, 5) is 31.2. The molecule has 0 aliphatic heterocycles. The topological polar surface area (TPSA) is 66.2 Å². The lowest BCUT2D eigenvalue weighted by atomic mass is 10.1. The summed E-state index contributed by atoms with van der Waals surface area (Å²) in [6, 6.07) is 16.0. The summed E-state index contributed by atoms with van der Waals surface area (Å²) < 4.78 is 6.53. The van der Waals surface area contributed by atoms with Gasteiger partial charge in [-0.15, -0.1) is 0 Å². The second-order valence-electron chi connectivity index (χ2n) is 8.42. The molecule has 0 bridgehead atoms. The fourth-order valence-corrected chi connectivity index (χ4v) is 4.29. The maximum Gasteiger partial charge on any atom is 0.332 e. The molecule has 0 N–H and O–H groups in total. The fourth-order valence-electron chi connectivity index (χ4n) is 4.29. The van der Waals surface area contributed by atoms with Gasteiger partial charge in [0.1, 0.15) is 0 Å². The van der Waals surface area contributed by atoms with Gasteiger partial charge in [-0.25, -0.2) is 4.79 Å². The molecule has 0 atom stereocenters. The largest absolute Gasteiger partial charge is 0.332 e. The van der Waals surface area contributed by atoms with Gasteiger partial charge >= 0.3 is 5.69 Å². The smallest absolute Gasteiger partial charge is 0.283 e. The van der Waals surface area contributed by atoms with Crippen molar-refractivity contribution in [3.63, 3.8) is 0 Å². The number of imidazole rings is 2. The van der Waals surface area contributed by atoms with Gasteiger partial charge < -0.3 is 0 Å². The number of allylic oxidation sites excluding steroid dienone is 1. The molecule has 0 aliphatic carbocycles. The summed E-state index contributed by atoms with van der Waals surface area (Å²) in [6.07, 6.45) is 5.64.